The highest BCUT2D eigenvalue weighted by Gasteiger charge is 2.09. The molecule has 0 radical (unpaired) electrons. The van der Waals surface area contributed by atoms with Gasteiger partial charge in [0.05, 0.1) is 17.3 Å². The van der Waals surface area contributed by atoms with E-state index in [0.29, 0.717) is 22.7 Å². The maximum atomic E-state index is 12.4. The Morgan fingerprint density at radius 3 is 2.66 bits per heavy atom. The molecule has 144 valence electrons. The van der Waals surface area contributed by atoms with Gasteiger partial charge >= 0.3 is 0 Å². The van der Waals surface area contributed by atoms with Crippen LogP contribution in [0.2, 0.25) is 0 Å². The van der Waals surface area contributed by atoms with E-state index in [4.69, 9.17) is 16.9 Å². The number of nitrogens with two attached hydrogens (primary N) is 1. The number of carbonyl (C=O) groups is 2. The third kappa shape index (κ3) is 4.96. The molecule has 0 aliphatic heterocycles. The van der Waals surface area contributed by atoms with Gasteiger partial charge in [0.2, 0.25) is 5.91 Å². The van der Waals surface area contributed by atoms with Crippen LogP contribution in [0.1, 0.15) is 37.5 Å². The molecule has 0 unspecified atom stereocenters. The average molecular weight is 386 g/mol. The molecule has 0 atom stereocenters. The van der Waals surface area contributed by atoms with Crippen LogP contribution in [0.15, 0.2) is 55.0 Å². The molecule has 0 fully saturated rings. The van der Waals surface area contributed by atoms with E-state index >= 15 is 0 Å². The summed E-state index contributed by atoms with van der Waals surface area (Å²) in [6.07, 6.45) is 9.58. The molecule has 29 heavy (non-hydrogen) atoms. The summed E-state index contributed by atoms with van der Waals surface area (Å²) in [5.41, 5.74) is 8.86. The van der Waals surface area contributed by atoms with Crippen LogP contribution in [0.4, 0.5) is 5.69 Å². The number of amides is 2. The van der Waals surface area contributed by atoms with Crippen molar-refractivity contribution in [2.75, 3.05) is 5.32 Å². The van der Waals surface area contributed by atoms with Crippen molar-refractivity contribution in [1.82, 2.24) is 9.97 Å². The number of aromatic nitrogens is 2. The number of nitrogens with zero attached hydrogens (tertiary/aromatic N) is 2. The van der Waals surface area contributed by atoms with Crippen LogP contribution in [0.5, 0.6) is 5.75 Å². The predicted octanol–water partition coefficient (Wildman–Crippen LogP) is 2.70. The smallest absolute Gasteiger partial charge is 0.257 e. The third-order valence-corrected chi connectivity index (χ3v) is 4.17. The number of carbonyl (C=O) groups excluding carboxylic acids is 2. The minimum Gasteiger partial charge on any atom is -0.487 e. The minimum absolute atomic E-state index is 0.234. The molecule has 3 N–H and O–H groups in total. The molecular formula is C22H18N4O3. The van der Waals surface area contributed by atoms with Crippen molar-refractivity contribution in [1.29, 1.82) is 0 Å². The number of benzene rings is 1. The Morgan fingerprint density at radius 2 is 1.97 bits per heavy atom. The van der Waals surface area contributed by atoms with Gasteiger partial charge in [-0.25, -0.2) is 4.98 Å². The second-order valence-electron chi connectivity index (χ2n) is 6.23. The normalized spacial score (nSPS) is 10.1. The van der Waals surface area contributed by atoms with Crippen LogP contribution in [0.3, 0.4) is 0 Å². The number of nitrogens with one attached hydrogen (secondary N) is 1. The number of ether oxygens (including phenoxy) is 1. The van der Waals surface area contributed by atoms with E-state index in [0.717, 1.165) is 11.1 Å². The van der Waals surface area contributed by atoms with Crippen LogP contribution in [-0.4, -0.2) is 21.8 Å². The van der Waals surface area contributed by atoms with Crippen molar-refractivity contribution < 1.29 is 14.3 Å². The van der Waals surface area contributed by atoms with Gasteiger partial charge in [0.25, 0.3) is 5.91 Å². The van der Waals surface area contributed by atoms with Gasteiger partial charge in [-0.1, -0.05) is 12.0 Å². The molecule has 0 spiro atoms. The lowest BCUT2D eigenvalue weighted by atomic mass is 10.1. The van der Waals surface area contributed by atoms with Gasteiger partial charge in [-0.05, 0) is 48.4 Å². The number of hydrogen-bond donors (Lipinski definition) is 2. The molecule has 2 aromatic heterocycles. The summed E-state index contributed by atoms with van der Waals surface area (Å²) in [5.74, 6) is 1.96. The van der Waals surface area contributed by atoms with Crippen LogP contribution >= 0.6 is 0 Å². The lowest BCUT2D eigenvalue weighted by Gasteiger charge is -2.12. The monoisotopic (exact) mass is 386 g/mol. The fourth-order valence-electron chi connectivity index (χ4n) is 2.52. The Bertz CT molecular complexity index is 1100. The molecule has 3 rings (SSSR count). The van der Waals surface area contributed by atoms with Crippen molar-refractivity contribution in [3.63, 3.8) is 0 Å². The van der Waals surface area contributed by atoms with Gasteiger partial charge in [0.15, 0.2) is 0 Å². The lowest BCUT2D eigenvalue weighted by Crippen LogP contribution is -2.13. The van der Waals surface area contributed by atoms with Gasteiger partial charge in [-0.3, -0.25) is 14.6 Å². The van der Waals surface area contributed by atoms with Crippen molar-refractivity contribution in [2.24, 2.45) is 5.73 Å². The lowest BCUT2D eigenvalue weighted by molar-refractivity contribution is 0.0996. The molecule has 0 aliphatic rings. The summed E-state index contributed by atoms with van der Waals surface area (Å²) < 4.78 is 5.72. The molecule has 7 heteroatoms. The van der Waals surface area contributed by atoms with E-state index in [2.05, 4.69) is 21.2 Å². The Labute approximate surface area is 168 Å². The molecule has 2 heterocycles. The summed E-state index contributed by atoms with van der Waals surface area (Å²) in [4.78, 5) is 31.6. The Hall–Kier alpha value is -4.18. The maximum Gasteiger partial charge on any atom is 0.257 e. The number of terminal acetylenes is 1. The van der Waals surface area contributed by atoms with Gasteiger partial charge in [0, 0.05) is 18.1 Å². The molecule has 0 bridgehead atoms. The first kappa shape index (κ1) is 19.6. The second kappa shape index (κ2) is 8.67. The Kier molecular flexibility index (Phi) is 5.85. The van der Waals surface area contributed by atoms with E-state index in [-0.39, 0.29) is 18.1 Å². The number of rotatable bonds is 6. The third-order valence-electron chi connectivity index (χ3n) is 4.17. The van der Waals surface area contributed by atoms with E-state index in [9.17, 15) is 9.59 Å². The summed E-state index contributed by atoms with van der Waals surface area (Å²) in [6, 6.07) is 10.3. The van der Waals surface area contributed by atoms with Crippen molar-refractivity contribution in [3.05, 3.63) is 82.9 Å². The SMILES string of the molecule is C#Cc1ccc(C(=O)Nc2ccc(C)c(COc3cncc(C(N)=O)c3)c2)cn1. The Morgan fingerprint density at radius 1 is 1.14 bits per heavy atom. The first-order chi connectivity index (χ1) is 14.0. The van der Waals surface area contributed by atoms with Gasteiger partial charge in [-0.15, -0.1) is 6.42 Å². The molecule has 3 aromatic rings. The topological polar surface area (TPSA) is 107 Å². The van der Waals surface area contributed by atoms with Crippen molar-refractivity contribution in [2.45, 2.75) is 13.5 Å². The number of pyridine rings is 2. The van der Waals surface area contributed by atoms with Gasteiger partial charge in [0.1, 0.15) is 18.1 Å². The molecule has 7 nitrogen and oxygen atoms in total. The quantitative estimate of drug-likeness (QED) is 0.634. The first-order valence-electron chi connectivity index (χ1n) is 8.67. The largest absolute Gasteiger partial charge is 0.487 e. The van der Waals surface area contributed by atoms with E-state index in [1.54, 1.807) is 18.2 Å². The zero-order valence-corrected chi connectivity index (χ0v) is 15.7. The van der Waals surface area contributed by atoms with Crippen molar-refractivity contribution >= 4 is 17.5 Å². The zero-order chi connectivity index (χ0) is 20.8. The van der Waals surface area contributed by atoms with Crippen LogP contribution in [0, 0.1) is 19.3 Å². The average Bonchev–Trinajstić information content (AvgIpc) is 2.74. The zero-order valence-electron chi connectivity index (χ0n) is 15.7. The highest BCUT2D eigenvalue weighted by Crippen LogP contribution is 2.19. The summed E-state index contributed by atoms with van der Waals surface area (Å²) in [5, 5.41) is 2.83. The molecule has 0 aliphatic carbocycles. The van der Waals surface area contributed by atoms with E-state index < -0.39 is 5.91 Å². The van der Waals surface area contributed by atoms with Crippen LogP contribution in [-0.2, 0) is 6.61 Å². The maximum absolute atomic E-state index is 12.4. The highest BCUT2D eigenvalue weighted by molar-refractivity contribution is 6.04. The molecular weight excluding hydrogens is 368 g/mol. The minimum atomic E-state index is -0.575. The number of anilines is 1. The molecule has 1 aromatic carbocycles. The second-order valence-corrected chi connectivity index (χ2v) is 6.23. The number of aryl methyl sites for hydroxylation is 1. The van der Waals surface area contributed by atoms with Gasteiger partial charge < -0.3 is 15.8 Å². The fraction of sp³-hybridized carbons (Fsp3) is 0.0909. The number of primary amides is 1. The first-order valence-corrected chi connectivity index (χ1v) is 8.67. The molecule has 0 saturated carbocycles. The van der Waals surface area contributed by atoms with Crippen molar-refractivity contribution in [3.8, 4) is 18.1 Å². The molecule has 0 saturated heterocycles. The Balaban J connectivity index is 1.70. The fourth-order valence-corrected chi connectivity index (χ4v) is 2.52. The predicted molar refractivity (Wildman–Crippen MR) is 108 cm³/mol. The van der Waals surface area contributed by atoms with Crippen LogP contribution < -0.4 is 15.8 Å². The van der Waals surface area contributed by atoms with E-state index in [1.165, 1.54) is 24.7 Å². The standard InChI is InChI=1S/C22H18N4O3/c1-3-18-7-5-15(11-25-18)22(28)26-19-6-4-14(2)17(8-19)13-29-20-9-16(21(23)27)10-24-12-20/h1,4-12H,13H2,2H3,(H2,23,27)(H,26,28). The molecule has 2 amide bonds. The summed E-state index contributed by atoms with van der Waals surface area (Å²) >= 11 is 0. The van der Waals surface area contributed by atoms with Gasteiger partial charge in [-0.2, -0.15) is 0 Å². The van der Waals surface area contributed by atoms with E-state index in [1.807, 2.05) is 19.1 Å². The summed E-state index contributed by atoms with van der Waals surface area (Å²) in [7, 11) is 0. The van der Waals surface area contributed by atoms with Crippen LogP contribution in [0.25, 0.3) is 0 Å². The highest BCUT2D eigenvalue weighted by atomic mass is 16.5. The number of hydrogen-bond acceptors (Lipinski definition) is 5. The summed E-state index contributed by atoms with van der Waals surface area (Å²) in [6.45, 7) is 2.17.